The van der Waals surface area contributed by atoms with Gasteiger partial charge >= 0.3 is 0 Å². The van der Waals surface area contributed by atoms with Crippen LogP contribution in [0.1, 0.15) is 90.4 Å². The number of hydrogen-bond acceptors (Lipinski definition) is 0. The van der Waals surface area contributed by atoms with Crippen molar-refractivity contribution in [1.29, 1.82) is 0 Å². The second kappa shape index (κ2) is 19.2. The number of rotatable bonds is 15. The van der Waals surface area contributed by atoms with E-state index in [1.54, 1.807) is 0 Å². The van der Waals surface area contributed by atoms with Gasteiger partial charge in [-0.2, -0.15) is 0 Å². The standard InChI is InChI=1S/C19H35I/c1-2-3-4-5-6-7-8-9-10-11-12-13-14-15-16-17-18-19-20/h5-8H,2-4,9-19H2,1H3/b6-5+,8-7+. The molecule has 0 bridgehead atoms. The van der Waals surface area contributed by atoms with Crippen LogP contribution in [-0.4, -0.2) is 4.43 Å². The summed E-state index contributed by atoms with van der Waals surface area (Å²) in [6.45, 7) is 2.24. The molecule has 118 valence electrons. The number of alkyl halides is 1. The molecule has 0 rings (SSSR count). The fourth-order valence-electron chi connectivity index (χ4n) is 2.27. The Hall–Kier alpha value is 0.210. The predicted molar refractivity (Wildman–Crippen MR) is 103 cm³/mol. The van der Waals surface area contributed by atoms with E-state index in [1.165, 1.54) is 87.9 Å². The number of halogens is 1. The topological polar surface area (TPSA) is 0 Å². The molecule has 0 aromatic heterocycles. The van der Waals surface area contributed by atoms with Crippen LogP contribution in [0.3, 0.4) is 0 Å². The van der Waals surface area contributed by atoms with Crippen LogP contribution >= 0.6 is 22.6 Å². The van der Waals surface area contributed by atoms with E-state index in [1.807, 2.05) is 0 Å². The lowest BCUT2D eigenvalue weighted by Crippen LogP contribution is -1.82. The van der Waals surface area contributed by atoms with E-state index in [0.29, 0.717) is 0 Å². The van der Waals surface area contributed by atoms with Gasteiger partial charge in [0, 0.05) is 0 Å². The summed E-state index contributed by atoms with van der Waals surface area (Å²) >= 11 is 2.48. The van der Waals surface area contributed by atoms with Gasteiger partial charge in [0.25, 0.3) is 0 Å². The Morgan fingerprint density at radius 1 is 0.600 bits per heavy atom. The van der Waals surface area contributed by atoms with Crippen LogP contribution in [0.4, 0.5) is 0 Å². The number of hydrogen-bond donors (Lipinski definition) is 0. The minimum atomic E-state index is 1.23. The molecule has 0 saturated carbocycles. The van der Waals surface area contributed by atoms with E-state index < -0.39 is 0 Å². The first-order valence-corrected chi connectivity index (χ1v) is 10.3. The summed E-state index contributed by atoms with van der Waals surface area (Å²) in [7, 11) is 0. The van der Waals surface area contributed by atoms with Crippen molar-refractivity contribution in [3.63, 3.8) is 0 Å². The molecule has 0 aromatic rings. The molecule has 0 N–H and O–H groups in total. The van der Waals surface area contributed by atoms with E-state index in [9.17, 15) is 0 Å². The van der Waals surface area contributed by atoms with Gasteiger partial charge in [-0.1, -0.05) is 112 Å². The van der Waals surface area contributed by atoms with Gasteiger partial charge in [0.05, 0.1) is 0 Å². The van der Waals surface area contributed by atoms with Crippen molar-refractivity contribution in [2.75, 3.05) is 4.43 Å². The quantitative estimate of drug-likeness (QED) is 0.117. The Morgan fingerprint density at radius 2 is 1.05 bits per heavy atom. The minimum Gasteiger partial charge on any atom is -0.0864 e. The maximum Gasteiger partial charge on any atom is -0.000473 e. The summed E-state index contributed by atoms with van der Waals surface area (Å²) in [5.41, 5.74) is 0. The molecule has 0 unspecified atom stereocenters. The van der Waals surface area contributed by atoms with Crippen molar-refractivity contribution in [3.8, 4) is 0 Å². The molecule has 0 spiro atoms. The molecule has 0 atom stereocenters. The van der Waals surface area contributed by atoms with Crippen molar-refractivity contribution in [3.05, 3.63) is 24.3 Å². The third kappa shape index (κ3) is 18.2. The third-order valence-corrected chi connectivity index (χ3v) is 4.37. The Kier molecular flexibility index (Phi) is 19.4. The first kappa shape index (κ1) is 20.2. The maximum absolute atomic E-state index is 2.48. The van der Waals surface area contributed by atoms with E-state index in [4.69, 9.17) is 0 Å². The summed E-state index contributed by atoms with van der Waals surface area (Å²) in [5, 5.41) is 0. The molecular formula is C19H35I. The summed E-state index contributed by atoms with van der Waals surface area (Å²) in [6, 6.07) is 0. The van der Waals surface area contributed by atoms with Gasteiger partial charge in [0.2, 0.25) is 0 Å². The highest BCUT2D eigenvalue weighted by molar-refractivity contribution is 14.1. The minimum absolute atomic E-state index is 1.23. The zero-order valence-electron chi connectivity index (χ0n) is 13.6. The van der Waals surface area contributed by atoms with Crippen molar-refractivity contribution < 1.29 is 0 Å². The van der Waals surface area contributed by atoms with E-state index in [2.05, 4.69) is 53.8 Å². The second-order valence-corrected chi connectivity index (χ2v) is 6.74. The van der Waals surface area contributed by atoms with Gasteiger partial charge in [-0.05, 0) is 30.1 Å². The molecular weight excluding hydrogens is 355 g/mol. The van der Waals surface area contributed by atoms with Crippen LogP contribution in [0, 0.1) is 0 Å². The molecule has 0 radical (unpaired) electrons. The average Bonchev–Trinajstić information content (AvgIpc) is 2.47. The molecule has 0 fully saturated rings. The Balaban J connectivity index is 3.09. The highest BCUT2D eigenvalue weighted by Crippen LogP contribution is 2.11. The molecule has 0 amide bonds. The van der Waals surface area contributed by atoms with E-state index in [-0.39, 0.29) is 0 Å². The highest BCUT2D eigenvalue weighted by atomic mass is 127. The van der Waals surface area contributed by atoms with Gasteiger partial charge in [0.1, 0.15) is 0 Å². The number of allylic oxidation sites excluding steroid dienone is 4. The zero-order chi connectivity index (χ0) is 14.7. The van der Waals surface area contributed by atoms with Crippen LogP contribution in [0.5, 0.6) is 0 Å². The van der Waals surface area contributed by atoms with Crippen molar-refractivity contribution in [1.82, 2.24) is 0 Å². The lowest BCUT2D eigenvalue weighted by atomic mass is 10.1. The molecule has 0 aromatic carbocycles. The van der Waals surface area contributed by atoms with Gasteiger partial charge in [-0.15, -0.1) is 0 Å². The first-order valence-electron chi connectivity index (χ1n) is 8.79. The number of unbranched alkanes of at least 4 members (excludes halogenated alkanes) is 11. The highest BCUT2D eigenvalue weighted by Gasteiger charge is 1.91. The third-order valence-electron chi connectivity index (χ3n) is 3.61. The van der Waals surface area contributed by atoms with Crippen LogP contribution in [0.2, 0.25) is 0 Å². The molecule has 0 nitrogen and oxygen atoms in total. The van der Waals surface area contributed by atoms with Crippen molar-refractivity contribution in [2.24, 2.45) is 0 Å². The fraction of sp³-hybridized carbons (Fsp3) is 0.789. The molecule has 0 saturated heterocycles. The van der Waals surface area contributed by atoms with Crippen LogP contribution in [-0.2, 0) is 0 Å². The lowest BCUT2D eigenvalue weighted by Gasteiger charge is -2.00. The van der Waals surface area contributed by atoms with Crippen molar-refractivity contribution >= 4 is 22.6 Å². The largest absolute Gasteiger partial charge is 0.0864 e. The SMILES string of the molecule is CCCC/C=C/C=C/CCCCCCCCCCCI. The average molecular weight is 390 g/mol. The summed E-state index contributed by atoms with van der Waals surface area (Å²) < 4.78 is 1.33. The fourth-order valence-corrected chi connectivity index (χ4v) is 2.81. The van der Waals surface area contributed by atoms with Crippen molar-refractivity contribution in [2.45, 2.75) is 90.4 Å². The smallest absolute Gasteiger partial charge is 0.000473 e. The molecule has 0 aliphatic heterocycles. The Labute approximate surface area is 141 Å². The molecule has 0 aliphatic rings. The van der Waals surface area contributed by atoms with Gasteiger partial charge in [-0.25, -0.2) is 0 Å². The van der Waals surface area contributed by atoms with E-state index >= 15 is 0 Å². The van der Waals surface area contributed by atoms with Gasteiger partial charge < -0.3 is 0 Å². The monoisotopic (exact) mass is 390 g/mol. The molecule has 20 heavy (non-hydrogen) atoms. The van der Waals surface area contributed by atoms with Crippen LogP contribution in [0.25, 0.3) is 0 Å². The summed E-state index contributed by atoms with van der Waals surface area (Å²) in [5.74, 6) is 0. The Morgan fingerprint density at radius 3 is 1.55 bits per heavy atom. The maximum atomic E-state index is 2.48. The second-order valence-electron chi connectivity index (χ2n) is 5.66. The molecule has 0 heterocycles. The zero-order valence-corrected chi connectivity index (χ0v) is 15.7. The normalized spacial score (nSPS) is 11.9. The molecule has 0 aliphatic carbocycles. The first-order chi connectivity index (χ1) is 9.91. The van der Waals surface area contributed by atoms with Gasteiger partial charge in [-0.3, -0.25) is 0 Å². The predicted octanol–water partition coefficient (Wildman–Crippen LogP) is 7.63. The summed E-state index contributed by atoms with van der Waals surface area (Å²) in [6.07, 6.45) is 27.1. The molecule has 1 heteroatoms. The van der Waals surface area contributed by atoms with E-state index in [0.717, 1.165) is 0 Å². The summed E-state index contributed by atoms with van der Waals surface area (Å²) in [4.78, 5) is 0. The van der Waals surface area contributed by atoms with Crippen LogP contribution < -0.4 is 0 Å². The Bertz CT molecular complexity index is 218. The van der Waals surface area contributed by atoms with Crippen LogP contribution in [0.15, 0.2) is 24.3 Å². The lowest BCUT2D eigenvalue weighted by molar-refractivity contribution is 0.568. The van der Waals surface area contributed by atoms with Gasteiger partial charge in [0.15, 0.2) is 0 Å².